The summed E-state index contributed by atoms with van der Waals surface area (Å²) in [5, 5.41) is 0. The van der Waals surface area contributed by atoms with E-state index in [4.69, 9.17) is 9.47 Å². The Labute approximate surface area is 123 Å². The van der Waals surface area contributed by atoms with Gasteiger partial charge in [0.1, 0.15) is 11.5 Å². The molecule has 0 fully saturated rings. The number of carbonyl (C=O) groups is 3. The lowest BCUT2D eigenvalue weighted by atomic mass is 9.89. The molecule has 0 unspecified atom stereocenters. The SMILES string of the molecule is CCC(=O)CC[C@]1(C(=O)OC)Oc2cc(C)ccc2C1=O. The second-order valence-electron chi connectivity index (χ2n) is 5.14. The lowest BCUT2D eigenvalue weighted by Crippen LogP contribution is -2.49. The van der Waals surface area contributed by atoms with Crippen LogP contribution in [0.2, 0.25) is 0 Å². The van der Waals surface area contributed by atoms with Crippen LogP contribution in [-0.2, 0) is 14.3 Å². The van der Waals surface area contributed by atoms with Crippen LogP contribution >= 0.6 is 0 Å². The van der Waals surface area contributed by atoms with Crippen molar-refractivity contribution in [3.8, 4) is 5.75 Å². The summed E-state index contributed by atoms with van der Waals surface area (Å²) in [6.45, 7) is 3.61. The van der Waals surface area contributed by atoms with Crippen LogP contribution in [-0.4, -0.2) is 30.2 Å². The fourth-order valence-corrected chi connectivity index (χ4v) is 2.41. The third-order valence-corrected chi connectivity index (χ3v) is 3.70. The Kier molecular flexibility index (Phi) is 4.11. The number of ketones is 2. The third-order valence-electron chi connectivity index (χ3n) is 3.70. The Morgan fingerprint density at radius 1 is 1.33 bits per heavy atom. The van der Waals surface area contributed by atoms with Gasteiger partial charge < -0.3 is 9.47 Å². The number of hydrogen-bond acceptors (Lipinski definition) is 5. The van der Waals surface area contributed by atoms with Crippen molar-refractivity contribution in [3.63, 3.8) is 0 Å². The van der Waals surface area contributed by atoms with E-state index in [1.165, 1.54) is 7.11 Å². The van der Waals surface area contributed by atoms with E-state index < -0.39 is 17.4 Å². The standard InChI is InChI=1S/C16H18O5/c1-4-11(17)7-8-16(15(19)20-3)14(18)12-6-5-10(2)9-13(12)21-16/h5-6,9H,4,7-8H2,1-3H3/t16-/m0/s1. The maximum atomic E-state index is 12.6. The summed E-state index contributed by atoms with van der Waals surface area (Å²) in [5.74, 6) is -0.852. The van der Waals surface area contributed by atoms with Gasteiger partial charge in [-0.3, -0.25) is 9.59 Å². The van der Waals surface area contributed by atoms with Crippen molar-refractivity contribution >= 4 is 17.5 Å². The number of rotatable bonds is 5. The van der Waals surface area contributed by atoms with E-state index in [0.29, 0.717) is 17.7 Å². The Hall–Kier alpha value is -2.17. The fourth-order valence-electron chi connectivity index (χ4n) is 2.41. The molecule has 0 radical (unpaired) electrons. The zero-order chi connectivity index (χ0) is 15.6. The zero-order valence-corrected chi connectivity index (χ0v) is 12.4. The van der Waals surface area contributed by atoms with Crippen molar-refractivity contribution in [2.75, 3.05) is 7.11 Å². The molecule has 0 N–H and O–H groups in total. The topological polar surface area (TPSA) is 69.7 Å². The number of aryl methyl sites for hydroxylation is 1. The van der Waals surface area contributed by atoms with Crippen molar-refractivity contribution < 1.29 is 23.9 Å². The van der Waals surface area contributed by atoms with E-state index in [-0.39, 0.29) is 18.6 Å². The molecule has 1 atom stereocenters. The van der Waals surface area contributed by atoms with Crippen LogP contribution in [0.15, 0.2) is 18.2 Å². The predicted octanol–water partition coefficient (Wildman–Crippen LogP) is 2.24. The van der Waals surface area contributed by atoms with Crippen LogP contribution in [0.25, 0.3) is 0 Å². The molecule has 5 heteroatoms. The number of methoxy groups -OCH3 is 1. The van der Waals surface area contributed by atoms with Crippen molar-refractivity contribution in [2.45, 2.75) is 38.7 Å². The highest BCUT2D eigenvalue weighted by molar-refractivity contribution is 6.19. The highest BCUT2D eigenvalue weighted by Crippen LogP contribution is 2.39. The lowest BCUT2D eigenvalue weighted by molar-refractivity contribution is -0.154. The molecule has 1 aliphatic heterocycles. The summed E-state index contributed by atoms with van der Waals surface area (Å²) >= 11 is 0. The first-order chi connectivity index (χ1) is 9.94. The van der Waals surface area contributed by atoms with Gasteiger partial charge in [-0.05, 0) is 24.6 Å². The Balaban J connectivity index is 2.37. The fraction of sp³-hybridized carbons (Fsp3) is 0.438. The van der Waals surface area contributed by atoms with Crippen LogP contribution in [0, 0.1) is 6.92 Å². The molecule has 1 heterocycles. The normalized spacial score (nSPS) is 19.9. The van der Waals surface area contributed by atoms with E-state index in [1.54, 1.807) is 25.1 Å². The molecule has 0 amide bonds. The first-order valence-corrected chi connectivity index (χ1v) is 6.89. The van der Waals surface area contributed by atoms with Gasteiger partial charge in [-0.15, -0.1) is 0 Å². The molecule has 0 saturated heterocycles. The van der Waals surface area contributed by atoms with Crippen molar-refractivity contribution in [3.05, 3.63) is 29.3 Å². The van der Waals surface area contributed by atoms with E-state index in [2.05, 4.69) is 0 Å². The van der Waals surface area contributed by atoms with E-state index in [9.17, 15) is 14.4 Å². The molecular weight excluding hydrogens is 272 g/mol. The molecule has 1 aromatic carbocycles. The Morgan fingerprint density at radius 2 is 2.05 bits per heavy atom. The van der Waals surface area contributed by atoms with Crippen LogP contribution in [0.3, 0.4) is 0 Å². The molecule has 1 aromatic rings. The second-order valence-corrected chi connectivity index (χ2v) is 5.14. The summed E-state index contributed by atoms with van der Waals surface area (Å²) in [5.41, 5.74) is -0.447. The third kappa shape index (κ3) is 2.55. The molecule has 5 nitrogen and oxygen atoms in total. The minimum atomic E-state index is -1.73. The summed E-state index contributed by atoms with van der Waals surface area (Å²) in [4.78, 5) is 36.3. The molecular formula is C16H18O5. The average Bonchev–Trinajstić information content (AvgIpc) is 2.76. The quantitative estimate of drug-likeness (QED) is 0.614. The Bertz CT molecular complexity index is 605. The van der Waals surface area contributed by atoms with Crippen molar-refractivity contribution in [2.24, 2.45) is 0 Å². The number of ether oxygens (including phenoxy) is 2. The van der Waals surface area contributed by atoms with Crippen molar-refractivity contribution in [1.82, 2.24) is 0 Å². The van der Waals surface area contributed by atoms with Crippen LogP contribution < -0.4 is 4.74 Å². The monoisotopic (exact) mass is 290 g/mol. The predicted molar refractivity (Wildman–Crippen MR) is 75.4 cm³/mol. The number of benzene rings is 1. The van der Waals surface area contributed by atoms with Gasteiger partial charge in [0.15, 0.2) is 0 Å². The summed E-state index contributed by atoms with van der Waals surface area (Å²) in [6.07, 6.45) is 0.459. The number of Topliss-reactive ketones (excluding diaryl/α,β-unsaturated/α-hetero) is 2. The van der Waals surface area contributed by atoms with E-state index >= 15 is 0 Å². The molecule has 2 rings (SSSR count). The second kappa shape index (κ2) is 5.68. The van der Waals surface area contributed by atoms with E-state index in [1.807, 2.05) is 6.92 Å². The van der Waals surface area contributed by atoms with Gasteiger partial charge in [0.2, 0.25) is 5.78 Å². The zero-order valence-electron chi connectivity index (χ0n) is 12.4. The molecule has 112 valence electrons. The molecule has 0 aliphatic carbocycles. The van der Waals surface area contributed by atoms with Crippen LogP contribution in [0.1, 0.15) is 42.1 Å². The molecule has 1 aliphatic rings. The minimum absolute atomic E-state index is 0.00108. The van der Waals surface area contributed by atoms with Crippen LogP contribution in [0.4, 0.5) is 0 Å². The molecule has 0 aromatic heterocycles. The molecule has 21 heavy (non-hydrogen) atoms. The van der Waals surface area contributed by atoms with Gasteiger partial charge in [-0.25, -0.2) is 4.79 Å². The van der Waals surface area contributed by atoms with Gasteiger partial charge >= 0.3 is 5.97 Å². The Morgan fingerprint density at radius 3 is 2.67 bits per heavy atom. The van der Waals surface area contributed by atoms with Crippen LogP contribution in [0.5, 0.6) is 5.75 Å². The highest BCUT2D eigenvalue weighted by Gasteiger charge is 2.55. The lowest BCUT2D eigenvalue weighted by Gasteiger charge is -2.23. The van der Waals surface area contributed by atoms with Gasteiger partial charge in [-0.2, -0.15) is 0 Å². The first kappa shape index (κ1) is 15.2. The minimum Gasteiger partial charge on any atom is -0.466 e. The maximum Gasteiger partial charge on any atom is 0.358 e. The average molecular weight is 290 g/mol. The first-order valence-electron chi connectivity index (χ1n) is 6.89. The van der Waals surface area contributed by atoms with Gasteiger partial charge in [-0.1, -0.05) is 13.0 Å². The molecule has 0 spiro atoms. The summed E-state index contributed by atoms with van der Waals surface area (Å²) in [7, 11) is 1.20. The number of fused-ring (bicyclic) bond motifs is 1. The molecule has 0 saturated carbocycles. The van der Waals surface area contributed by atoms with Gasteiger partial charge in [0, 0.05) is 19.3 Å². The highest BCUT2D eigenvalue weighted by atomic mass is 16.6. The van der Waals surface area contributed by atoms with E-state index in [0.717, 1.165) is 5.56 Å². The van der Waals surface area contributed by atoms with Gasteiger partial charge in [0.25, 0.3) is 5.60 Å². The number of hydrogen-bond donors (Lipinski definition) is 0. The summed E-state index contributed by atoms with van der Waals surface area (Å²) in [6, 6.07) is 5.13. The number of esters is 1. The number of carbonyl (C=O) groups excluding carboxylic acids is 3. The summed E-state index contributed by atoms with van der Waals surface area (Å²) < 4.78 is 10.4. The largest absolute Gasteiger partial charge is 0.466 e. The van der Waals surface area contributed by atoms with Gasteiger partial charge in [0.05, 0.1) is 12.7 Å². The molecule has 0 bridgehead atoms. The van der Waals surface area contributed by atoms with Crippen molar-refractivity contribution in [1.29, 1.82) is 0 Å². The smallest absolute Gasteiger partial charge is 0.358 e. The maximum absolute atomic E-state index is 12.6.